The second-order valence-electron chi connectivity index (χ2n) is 3.09. The number of benzene rings is 1. The summed E-state index contributed by atoms with van der Waals surface area (Å²) in [5.74, 6) is 1.12. The van der Waals surface area contributed by atoms with Gasteiger partial charge >= 0.3 is 0 Å². The van der Waals surface area contributed by atoms with Crippen LogP contribution in [0.15, 0.2) is 23.1 Å². The van der Waals surface area contributed by atoms with E-state index in [2.05, 4.69) is 0 Å². The molecule has 0 amide bonds. The fourth-order valence-corrected chi connectivity index (χ4v) is 1.95. The van der Waals surface area contributed by atoms with Crippen LogP contribution in [0.3, 0.4) is 0 Å². The van der Waals surface area contributed by atoms with Crippen LogP contribution in [0.4, 0.5) is 5.69 Å². The monoisotopic (exact) mass is 229 g/mol. The van der Waals surface area contributed by atoms with E-state index in [9.17, 15) is 5.11 Å². The number of ether oxygens (including phenoxy) is 1. The van der Waals surface area contributed by atoms with Crippen molar-refractivity contribution in [2.24, 2.45) is 0 Å². The lowest BCUT2D eigenvalue weighted by Gasteiger charge is -2.08. The number of thioether (sulfide) groups is 1. The first kappa shape index (κ1) is 12.2. The van der Waals surface area contributed by atoms with E-state index in [1.54, 1.807) is 19.2 Å². The van der Waals surface area contributed by atoms with Gasteiger partial charge in [-0.2, -0.15) is 0 Å². The molecule has 5 heteroatoms. The highest BCUT2D eigenvalue weighted by Gasteiger charge is 2.05. The average molecular weight is 229 g/mol. The van der Waals surface area contributed by atoms with Crippen molar-refractivity contribution in [2.75, 3.05) is 25.2 Å². The summed E-state index contributed by atoms with van der Waals surface area (Å²) in [6, 6.07) is 5.37. The molecule has 0 fully saturated rings. The number of aliphatic hydroxyl groups is 2. The first-order valence-electron chi connectivity index (χ1n) is 4.52. The van der Waals surface area contributed by atoms with Gasteiger partial charge in [-0.15, -0.1) is 11.8 Å². The molecule has 1 aromatic carbocycles. The third-order valence-corrected chi connectivity index (χ3v) is 2.91. The van der Waals surface area contributed by atoms with E-state index in [0.29, 0.717) is 17.2 Å². The smallest absolute Gasteiger partial charge is 0.122 e. The summed E-state index contributed by atoms with van der Waals surface area (Å²) >= 11 is 1.43. The molecule has 0 aliphatic carbocycles. The lowest BCUT2D eigenvalue weighted by Crippen LogP contribution is -2.14. The Bertz CT molecular complexity index is 320. The second kappa shape index (κ2) is 5.85. The van der Waals surface area contributed by atoms with Gasteiger partial charge in [0.15, 0.2) is 0 Å². The van der Waals surface area contributed by atoms with Crippen LogP contribution in [0, 0.1) is 0 Å². The topological polar surface area (TPSA) is 75.7 Å². The van der Waals surface area contributed by atoms with Crippen LogP contribution < -0.4 is 10.5 Å². The predicted octanol–water partition coefficient (Wildman–Crippen LogP) is 0.723. The molecule has 0 aliphatic heterocycles. The van der Waals surface area contributed by atoms with Crippen LogP contribution in [0.5, 0.6) is 5.75 Å². The van der Waals surface area contributed by atoms with Gasteiger partial charge in [-0.3, -0.25) is 0 Å². The van der Waals surface area contributed by atoms with E-state index >= 15 is 0 Å². The number of anilines is 1. The lowest BCUT2D eigenvalue weighted by molar-refractivity contribution is 0.113. The molecule has 1 aromatic rings. The molecule has 0 bridgehead atoms. The van der Waals surface area contributed by atoms with Crippen molar-refractivity contribution in [1.29, 1.82) is 0 Å². The highest BCUT2D eigenvalue weighted by molar-refractivity contribution is 7.99. The maximum atomic E-state index is 9.18. The average Bonchev–Trinajstić information content (AvgIpc) is 2.25. The number of hydrogen-bond acceptors (Lipinski definition) is 5. The third kappa shape index (κ3) is 3.99. The Labute approximate surface area is 93.1 Å². The van der Waals surface area contributed by atoms with Crippen molar-refractivity contribution in [3.8, 4) is 5.75 Å². The summed E-state index contributed by atoms with van der Waals surface area (Å²) in [5.41, 5.74) is 6.29. The number of methoxy groups -OCH3 is 1. The Balaban J connectivity index is 2.64. The molecule has 4 nitrogen and oxygen atoms in total. The molecule has 1 atom stereocenters. The van der Waals surface area contributed by atoms with E-state index in [0.717, 1.165) is 4.90 Å². The Morgan fingerprint density at radius 1 is 1.47 bits per heavy atom. The van der Waals surface area contributed by atoms with Crippen LogP contribution in [-0.4, -0.2) is 35.8 Å². The van der Waals surface area contributed by atoms with E-state index in [4.69, 9.17) is 15.6 Å². The molecule has 0 saturated heterocycles. The van der Waals surface area contributed by atoms with Crippen LogP contribution in [0.25, 0.3) is 0 Å². The van der Waals surface area contributed by atoms with Crippen molar-refractivity contribution >= 4 is 17.4 Å². The summed E-state index contributed by atoms with van der Waals surface area (Å²) < 4.78 is 5.06. The molecule has 0 spiro atoms. The zero-order valence-electron chi connectivity index (χ0n) is 8.51. The van der Waals surface area contributed by atoms with Gasteiger partial charge in [0, 0.05) is 22.4 Å². The molecular weight excluding hydrogens is 214 g/mol. The largest absolute Gasteiger partial charge is 0.497 e. The Hall–Kier alpha value is -0.910. The first-order valence-corrected chi connectivity index (χ1v) is 5.50. The third-order valence-electron chi connectivity index (χ3n) is 1.79. The molecule has 0 heterocycles. The van der Waals surface area contributed by atoms with E-state index < -0.39 is 6.10 Å². The summed E-state index contributed by atoms with van der Waals surface area (Å²) in [6.45, 7) is -0.230. The van der Waals surface area contributed by atoms with Crippen LogP contribution in [0.1, 0.15) is 0 Å². The van der Waals surface area contributed by atoms with Gasteiger partial charge in [0.2, 0.25) is 0 Å². The molecule has 0 aliphatic rings. The van der Waals surface area contributed by atoms with Crippen LogP contribution in [0.2, 0.25) is 0 Å². The van der Waals surface area contributed by atoms with Crippen molar-refractivity contribution in [3.63, 3.8) is 0 Å². The highest BCUT2D eigenvalue weighted by Crippen LogP contribution is 2.26. The van der Waals surface area contributed by atoms with E-state index in [1.807, 2.05) is 6.07 Å². The standard InChI is InChI=1S/C10H15NO3S/c1-14-9-2-7(11)3-10(4-9)15-6-8(13)5-12/h2-4,8,12-13H,5-6,11H2,1H3. The molecule has 1 rings (SSSR count). The Kier molecular flexibility index (Phi) is 4.74. The number of rotatable bonds is 5. The minimum atomic E-state index is -0.706. The normalized spacial score (nSPS) is 12.5. The van der Waals surface area contributed by atoms with Gasteiger partial charge in [0.25, 0.3) is 0 Å². The Morgan fingerprint density at radius 3 is 2.80 bits per heavy atom. The van der Waals surface area contributed by atoms with Gasteiger partial charge in [-0.05, 0) is 12.1 Å². The minimum Gasteiger partial charge on any atom is -0.497 e. The number of hydrogen-bond donors (Lipinski definition) is 3. The van der Waals surface area contributed by atoms with Crippen molar-refractivity contribution in [2.45, 2.75) is 11.0 Å². The molecule has 0 saturated carbocycles. The van der Waals surface area contributed by atoms with Crippen LogP contribution in [-0.2, 0) is 0 Å². The molecule has 0 radical (unpaired) electrons. The molecule has 0 aromatic heterocycles. The van der Waals surface area contributed by atoms with E-state index in [-0.39, 0.29) is 6.61 Å². The number of nitrogen functional groups attached to an aromatic ring is 1. The van der Waals surface area contributed by atoms with Gasteiger partial charge in [-0.25, -0.2) is 0 Å². The zero-order valence-corrected chi connectivity index (χ0v) is 9.33. The molecule has 4 N–H and O–H groups in total. The SMILES string of the molecule is COc1cc(N)cc(SCC(O)CO)c1. The van der Waals surface area contributed by atoms with Gasteiger partial charge in [-0.1, -0.05) is 0 Å². The van der Waals surface area contributed by atoms with Gasteiger partial charge in [0.1, 0.15) is 5.75 Å². The van der Waals surface area contributed by atoms with Crippen molar-refractivity contribution in [1.82, 2.24) is 0 Å². The van der Waals surface area contributed by atoms with Gasteiger partial charge in [0.05, 0.1) is 19.8 Å². The summed E-state index contributed by atoms with van der Waals surface area (Å²) in [4.78, 5) is 0.916. The number of nitrogens with two attached hydrogens (primary N) is 1. The maximum Gasteiger partial charge on any atom is 0.122 e. The quantitative estimate of drug-likeness (QED) is 0.512. The molecule has 84 valence electrons. The molecule has 15 heavy (non-hydrogen) atoms. The summed E-state index contributed by atoms with van der Waals surface area (Å²) in [6.07, 6.45) is -0.706. The fourth-order valence-electron chi connectivity index (χ4n) is 1.04. The lowest BCUT2D eigenvalue weighted by atomic mass is 10.3. The van der Waals surface area contributed by atoms with Gasteiger partial charge < -0.3 is 20.7 Å². The predicted molar refractivity (Wildman–Crippen MR) is 61.2 cm³/mol. The number of aliphatic hydroxyl groups excluding tert-OH is 2. The van der Waals surface area contributed by atoms with Crippen LogP contribution >= 0.6 is 11.8 Å². The summed E-state index contributed by atoms with van der Waals surface area (Å²) in [5, 5.41) is 17.8. The van der Waals surface area contributed by atoms with E-state index in [1.165, 1.54) is 11.8 Å². The van der Waals surface area contributed by atoms with Crippen molar-refractivity contribution < 1.29 is 14.9 Å². The molecular formula is C10H15NO3S. The molecule has 1 unspecified atom stereocenters. The second-order valence-corrected chi connectivity index (χ2v) is 4.18. The van der Waals surface area contributed by atoms with Crippen molar-refractivity contribution in [3.05, 3.63) is 18.2 Å². The Morgan fingerprint density at radius 2 is 2.20 bits per heavy atom. The maximum absolute atomic E-state index is 9.18. The first-order chi connectivity index (χ1) is 7.15. The summed E-state index contributed by atoms with van der Waals surface area (Å²) in [7, 11) is 1.58. The zero-order chi connectivity index (χ0) is 11.3. The highest BCUT2D eigenvalue weighted by atomic mass is 32.2. The minimum absolute atomic E-state index is 0.230. The fraction of sp³-hybridized carbons (Fsp3) is 0.400.